The third-order valence-corrected chi connectivity index (χ3v) is 12.1. The van der Waals surface area contributed by atoms with Crippen LogP contribution in [0.15, 0.2) is 40.4 Å². The van der Waals surface area contributed by atoms with Crippen LogP contribution in [0, 0.1) is 35.5 Å². The van der Waals surface area contributed by atoms with Gasteiger partial charge < -0.3 is 0 Å². The van der Waals surface area contributed by atoms with Crippen LogP contribution in [-0.2, 0) is 9.59 Å². The lowest BCUT2D eigenvalue weighted by atomic mass is 9.65. The molecule has 3 saturated carbocycles. The molecule has 0 spiro atoms. The van der Waals surface area contributed by atoms with Crippen molar-refractivity contribution in [1.29, 1.82) is 0 Å². The molecule has 4 aliphatic carbocycles. The lowest BCUT2D eigenvalue weighted by Crippen LogP contribution is -2.46. The van der Waals surface area contributed by atoms with E-state index in [4.69, 9.17) is 69.6 Å². The van der Waals surface area contributed by atoms with Crippen molar-refractivity contribution in [3.8, 4) is 0 Å². The van der Waals surface area contributed by atoms with E-state index in [0.29, 0.717) is 12.1 Å². The summed E-state index contributed by atoms with van der Waals surface area (Å²) in [6.07, 6.45) is 0.659. The molecule has 0 radical (unpaired) electrons. The maximum atomic E-state index is 13.4. The van der Waals surface area contributed by atoms with Crippen LogP contribution >= 0.6 is 69.6 Å². The number of amides is 2. The number of allylic oxidation sites excluding steroid dienone is 2. The quantitative estimate of drug-likeness (QED) is 0.283. The summed E-state index contributed by atoms with van der Waals surface area (Å²) < 4.78 is -1.63. The Balaban J connectivity index is 1.49. The smallest absolute Gasteiger partial charge is 0.237 e. The Bertz CT molecular complexity index is 969. The molecule has 152 valence electrons. The van der Waals surface area contributed by atoms with Crippen LogP contribution in [0.2, 0.25) is 0 Å². The maximum Gasteiger partial charge on any atom is 0.237 e. The first-order chi connectivity index (χ1) is 13.6. The number of alkyl halides is 4. The number of anilines is 1. The lowest BCUT2D eigenvalue weighted by Gasteiger charge is -2.42. The highest BCUT2D eigenvalue weighted by Crippen LogP contribution is 2.84. The molecule has 29 heavy (non-hydrogen) atoms. The van der Waals surface area contributed by atoms with E-state index in [1.165, 1.54) is 4.90 Å². The summed E-state index contributed by atoms with van der Waals surface area (Å²) >= 11 is 40.5. The maximum absolute atomic E-state index is 13.4. The minimum Gasteiger partial charge on any atom is -0.274 e. The highest BCUT2D eigenvalue weighted by Gasteiger charge is 2.88. The molecule has 2 amide bonds. The van der Waals surface area contributed by atoms with Gasteiger partial charge in [-0.1, -0.05) is 64.6 Å². The van der Waals surface area contributed by atoms with E-state index < -0.39 is 25.9 Å². The minimum absolute atomic E-state index is 0.155. The first-order valence-electron chi connectivity index (χ1n) is 9.34. The van der Waals surface area contributed by atoms with Crippen LogP contribution in [0.1, 0.15) is 6.42 Å². The van der Waals surface area contributed by atoms with E-state index >= 15 is 0 Å². The number of carbonyl (C=O) groups is 2. The van der Waals surface area contributed by atoms with Gasteiger partial charge in [-0.2, -0.15) is 0 Å². The summed E-state index contributed by atoms with van der Waals surface area (Å²) in [6, 6.07) is 8.95. The number of carbonyl (C=O) groups excluding carboxylic acids is 2. The van der Waals surface area contributed by atoms with Crippen molar-refractivity contribution in [3.63, 3.8) is 0 Å². The summed E-state index contributed by atoms with van der Waals surface area (Å²) in [5.41, 5.74) is 0.573. The second-order valence-electron chi connectivity index (χ2n) is 8.64. The number of hydrogen-bond acceptors (Lipinski definition) is 2. The lowest BCUT2D eigenvalue weighted by molar-refractivity contribution is -0.123. The second kappa shape index (κ2) is 5.60. The van der Waals surface area contributed by atoms with Crippen LogP contribution in [0.25, 0.3) is 0 Å². The number of halogens is 6. The van der Waals surface area contributed by atoms with Gasteiger partial charge in [0.1, 0.15) is 9.75 Å². The molecule has 4 fully saturated rings. The summed E-state index contributed by atoms with van der Waals surface area (Å²) in [6.45, 7) is 0. The van der Waals surface area contributed by atoms with E-state index in [1.54, 1.807) is 24.3 Å². The zero-order valence-electron chi connectivity index (χ0n) is 14.6. The van der Waals surface area contributed by atoms with Crippen molar-refractivity contribution >= 4 is 87.1 Å². The molecule has 3 nitrogen and oxygen atoms in total. The SMILES string of the molecule is O=C1[C@@H]2[C@H]3C[C@@H]([C@@H]2C(=O)N1c1ccccc1)[C@H]1[C@H]3[C@@]2(Cl)C(Cl)=C(Cl)[C@@]1(Cl)C2(Cl)Cl. The van der Waals surface area contributed by atoms with Crippen molar-refractivity contribution in [2.45, 2.75) is 20.5 Å². The molecule has 1 aromatic rings. The summed E-state index contributed by atoms with van der Waals surface area (Å²) in [5, 5.41) is 0.311. The molecule has 4 bridgehead atoms. The predicted molar refractivity (Wildman–Crippen MR) is 115 cm³/mol. The van der Waals surface area contributed by atoms with Gasteiger partial charge in [0, 0.05) is 0 Å². The highest BCUT2D eigenvalue weighted by atomic mass is 35.5. The third kappa shape index (κ3) is 1.79. The van der Waals surface area contributed by atoms with Gasteiger partial charge in [0.15, 0.2) is 4.33 Å². The van der Waals surface area contributed by atoms with Crippen molar-refractivity contribution in [3.05, 3.63) is 40.4 Å². The predicted octanol–water partition coefficient (Wildman–Crippen LogP) is 5.52. The van der Waals surface area contributed by atoms with Crippen molar-refractivity contribution in [2.75, 3.05) is 4.90 Å². The molecular weight excluding hydrogens is 499 g/mol. The average Bonchev–Trinajstić information content (AvgIpc) is 3.39. The monoisotopic (exact) mass is 509 g/mol. The fraction of sp³-hybridized carbons (Fsp3) is 0.500. The summed E-state index contributed by atoms with van der Waals surface area (Å²) in [7, 11) is 0. The normalized spacial score (nSPS) is 48.7. The Morgan fingerprint density at radius 1 is 0.793 bits per heavy atom. The first-order valence-corrected chi connectivity index (χ1v) is 11.6. The largest absolute Gasteiger partial charge is 0.274 e. The van der Waals surface area contributed by atoms with Crippen molar-refractivity contribution in [2.24, 2.45) is 35.5 Å². The van der Waals surface area contributed by atoms with E-state index in [1.807, 2.05) is 6.07 Å². The van der Waals surface area contributed by atoms with Gasteiger partial charge in [0.25, 0.3) is 0 Å². The van der Waals surface area contributed by atoms with Gasteiger partial charge in [0.05, 0.1) is 27.6 Å². The fourth-order valence-electron chi connectivity index (χ4n) is 6.98. The zero-order valence-corrected chi connectivity index (χ0v) is 19.1. The van der Waals surface area contributed by atoms with Gasteiger partial charge >= 0.3 is 0 Å². The van der Waals surface area contributed by atoms with Crippen LogP contribution < -0.4 is 4.90 Å². The highest BCUT2D eigenvalue weighted by molar-refractivity contribution is 6.65. The zero-order chi connectivity index (χ0) is 20.7. The van der Waals surface area contributed by atoms with E-state index in [0.717, 1.165) is 0 Å². The van der Waals surface area contributed by atoms with E-state index in [9.17, 15) is 9.59 Å². The average molecular weight is 512 g/mol. The first kappa shape index (κ1) is 19.5. The Morgan fingerprint density at radius 3 is 1.69 bits per heavy atom. The summed E-state index contributed by atoms with van der Waals surface area (Å²) in [5.74, 6) is -2.39. The fourth-order valence-corrected chi connectivity index (χ4v) is 10.1. The number of benzene rings is 1. The molecule has 1 aliphatic heterocycles. The Hall–Kier alpha value is -0.160. The number of imide groups is 1. The van der Waals surface area contributed by atoms with E-state index in [2.05, 4.69) is 0 Å². The molecule has 8 atom stereocenters. The standard InChI is InChI=1S/C20H13Cl6NO2/c21-14-15(22)19(24)13-9-6-8(12(13)18(14,23)20(19,25)26)10-11(9)17(29)27(16(10)28)7-4-2-1-3-5-7/h1-5,8-13H,6H2/t8-,9+,10-,11+,12-,13-,18+,19+/m0/s1. The minimum atomic E-state index is -1.63. The van der Waals surface area contributed by atoms with Gasteiger partial charge in [-0.05, 0) is 42.2 Å². The molecule has 1 heterocycles. The molecule has 9 heteroatoms. The summed E-state index contributed by atoms with van der Waals surface area (Å²) in [4.78, 5) is 25.3. The molecule has 6 rings (SSSR count). The second-order valence-corrected chi connectivity index (χ2v) is 11.9. The number of rotatable bonds is 1. The van der Waals surface area contributed by atoms with Crippen molar-refractivity contribution in [1.82, 2.24) is 0 Å². The Kier molecular flexibility index (Phi) is 3.77. The third-order valence-electron chi connectivity index (χ3n) is 7.85. The van der Waals surface area contributed by atoms with E-state index in [-0.39, 0.29) is 45.6 Å². The Morgan fingerprint density at radius 2 is 1.24 bits per heavy atom. The number of hydrogen-bond donors (Lipinski definition) is 0. The van der Waals surface area contributed by atoms with Gasteiger partial charge in [-0.15, -0.1) is 23.2 Å². The number of fused-ring (bicyclic) bond motifs is 12. The van der Waals surface area contributed by atoms with Crippen LogP contribution in [-0.4, -0.2) is 25.9 Å². The van der Waals surface area contributed by atoms with Gasteiger partial charge in [-0.25, -0.2) is 0 Å². The van der Waals surface area contributed by atoms with Crippen molar-refractivity contribution < 1.29 is 9.59 Å². The molecule has 0 aromatic heterocycles. The van der Waals surface area contributed by atoms with Crippen LogP contribution in [0.4, 0.5) is 5.69 Å². The molecular formula is C20H13Cl6NO2. The Labute approximate surface area is 197 Å². The molecule has 1 saturated heterocycles. The molecule has 0 N–H and O–H groups in total. The molecule has 5 aliphatic rings. The molecule has 0 unspecified atom stereocenters. The topological polar surface area (TPSA) is 37.4 Å². The van der Waals surface area contributed by atoms with Crippen LogP contribution in [0.3, 0.4) is 0 Å². The van der Waals surface area contributed by atoms with Gasteiger partial charge in [0.2, 0.25) is 11.8 Å². The van der Waals surface area contributed by atoms with Crippen LogP contribution in [0.5, 0.6) is 0 Å². The number of nitrogens with zero attached hydrogens (tertiary/aromatic N) is 1. The van der Waals surface area contributed by atoms with Gasteiger partial charge in [-0.3, -0.25) is 14.5 Å². The number of para-hydroxylation sites is 1. The molecule has 1 aromatic carbocycles.